The fourth-order valence-corrected chi connectivity index (χ4v) is 4.00. The number of hydrogen-bond donors (Lipinski definition) is 2. The van der Waals surface area contributed by atoms with Gasteiger partial charge < -0.3 is 15.1 Å². The van der Waals surface area contributed by atoms with Crippen LogP contribution in [0, 0.1) is 0 Å². The lowest BCUT2D eigenvalue weighted by Gasteiger charge is -2.31. The predicted octanol–water partition coefficient (Wildman–Crippen LogP) is 3.62. The van der Waals surface area contributed by atoms with E-state index in [4.69, 9.17) is 0 Å². The number of benzene rings is 1. The lowest BCUT2D eigenvalue weighted by molar-refractivity contribution is 0.171. The first kappa shape index (κ1) is 24.1. The molecule has 1 aromatic carbocycles. The van der Waals surface area contributed by atoms with Gasteiger partial charge in [-0.05, 0) is 57.4 Å². The molecule has 8 heteroatoms. The summed E-state index contributed by atoms with van der Waals surface area (Å²) in [6.07, 6.45) is 1.38. The van der Waals surface area contributed by atoms with Gasteiger partial charge in [-0.15, -0.1) is 0 Å². The van der Waals surface area contributed by atoms with Gasteiger partial charge in [0.15, 0.2) is 0 Å². The minimum Gasteiger partial charge on any atom is -0.377 e. The zero-order valence-corrected chi connectivity index (χ0v) is 19.1. The van der Waals surface area contributed by atoms with Gasteiger partial charge in [-0.3, -0.25) is 4.72 Å². The van der Waals surface area contributed by atoms with E-state index in [9.17, 15) is 13.2 Å². The van der Waals surface area contributed by atoms with E-state index in [1.54, 1.807) is 11.0 Å². The number of rotatable bonds is 10. The molecule has 0 fully saturated rings. The Morgan fingerprint density at radius 2 is 1.79 bits per heavy atom. The lowest BCUT2D eigenvalue weighted by Crippen LogP contribution is -2.46. The molecule has 0 saturated heterocycles. The molecule has 1 rings (SSSR count). The molecule has 1 aromatic rings. The molecule has 1 atom stereocenters. The van der Waals surface area contributed by atoms with Crippen molar-refractivity contribution in [1.82, 2.24) is 10.2 Å². The van der Waals surface area contributed by atoms with Crippen LogP contribution >= 0.6 is 0 Å². The van der Waals surface area contributed by atoms with Crippen molar-refractivity contribution in [2.24, 2.45) is 0 Å². The maximum Gasteiger partial charge on any atom is 0.318 e. The summed E-state index contributed by atoms with van der Waals surface area (Å²) >= 11 is 0. The summed E-state index contributed by atoms with van der Waals surface area (Å²) in [4.78, 5) is 16.5. The summed E-state index contributed by atoms with van der Waals surface area (Å²) in [5.74, 6) is 0.0769. The number of urea groups is 1. The van der Waals surface area contributed by atoms with Gasteiger partial charge in [0.2, 0.25) is 10.0 Å². The average molecular weight is 413 g/mol. The molecule has 0 heterocycles. The summed E-state index contributed by atoms with van der Waals surface area (Å²) in [5.41, 5.74) is 2.35. The molecule has 0 saturated carbocycles. The van der Waals surface area contributed by atoms with E-state index in [1.807, 2.05) is 65.7 Å². The highest BCUT2D eigenvalue weighted by Gasteiger charge is 2.22. The Hall–Kier alpha value is -1.96. The molecule has 160 valence electrons. The van der Waals surface area contributed by atoms with E-state index in [0.29, 0.717) is 18.7 Å². The lowest BCUT2D eigenvalue weighted by atomic mass is 10.1. The van der Waals surface area contributed by atoms with E-state index in [0.717, 1.165) is 17.7 Å². The normalized spacial score (nSPS) is 12.6. The Balaban J connectivity index is 3.25. The first-order chi connectivity index (χ1) is 13.0. The number of nitrogens with zero attached hydrogens (tertiary/aromatic N) is 2. The Bertz CT molecular complexity index is 748. The molecule has 0 bridgehead atoms. The Kier molecular flexibility index (Phi) is 9.07. The Morgan fingerprint density at radius 1 is 1.14 bits per heavy atom. The highest BCUT2D eigenvalue weighted by molar-refractivity contribution is 7.92. The second-order valence-electron chi connectivity index (χ2n) is 7.65. The van der Waals surface area contributed by atoms with Crippen molar-refractivity contribution in [3.05, 3.63) is 23.8 Å². The van der Waals surface area contributed by atoms with Gasteiger partial charge in [-0.1, -0.05) is 13.8 Å². The van der Waals surface area contributed by atoms with Crippen LogP contribution in [0.2, 0.25) is 0 Å². The van der Waals surface area contributed by atoms with Crippen molar-refractivity contribution in [1.29, 1.82) is 0 Å². The molecule has 2 amide bonds. The van der Waals surface area contributed by atoms with E-state index in [-0.39, 0.29) is 23.9 Å². The fraction of sp³-hybridized carbons (Fsp3) is 0.650. The molecular formula is C20H36N4O3S. The monoisotopic (exact) mass is 412 g/mol. The van der Waals surface area contributed by atoms with Gasteiger partial charge >= 0.3 is 6.03 Å². The molecule has 0 aliphatic carbocycles. The van der Waals surface area contributed by atoms with E-state index in [2.05, 4.69) is 10.0 Å². The van der Waals surface area contributed by atoms with Crippen molar-refractivity contribution in [3.8, 4) is 0 Å². The number of carbonyl (C=O) groups is 1. The number of nitrogens with one attached hydrogen (secondary N) is 2. The highest BCUT2D eigenvalue weighted by Crippen LogP contribution is 2.26. The van der Waals surface area contributed by atoms with Gasteiger partial charge in [-0.25, -0.2) is 13.2 Å². The largest absolute Gasteiger partial charge is 0.377 e. The Labute approximate surface area is 170 Å². The van der Waals surface area contributed by atoms with Gasteiger partial charge in [0.25, 0.3) is 0 Å². The van der Waals surface area contributed by atoms with E-state index < -0.39 is 10.0 Å². The maximum atomic E-state index is 12.7. The van der Waals surface area contributed by atoms with Crippen LogP contribution < -0.4 is 14.9 Å². The number of anilines is 2. The van der Waals surface area contributed by atoms with Crippen LogP contribution in [-0.2, 0) is 16.6 Å². The smallest absolute Gasteiger partial charge is 0.318 e. The average Bonchev–Trinajstić information content (AvgIpc) is 2.57. The maximum absolute atomic E-state index is 12.7. The molecule has 0 aliphatic rings. The quantitative estimate of drug-likeness (QED) is 0.615. The van der Waals surface area contributed by atoms with Crippen LogP contribution in [0.25, 0.3) is 0 Å². The minimum atomic E-state index is -3.37. The molecular weight excluding hydrogens is 376 g/mol. The van der Waals surface area contributed by atoms with Gasteiger partial charge in [0, 0.05) is 44.1 Å². The van der Waals surface area contributed by atoms with Crippen LogP contribution in [0.3, 0.4) is 0 Å². The second kappa shape index (κ2) is 10.5. The van der Waals surface area contributed by atoms with Crippen LogP contribution in [0.4, 0.5) is 16.2 Å². The standard InChI is InChI=1S/C20H36N4O3S/c1-8-12-28(26,27)22-18-10-11-19(23(6)7)17(13-18)14-24(16(5)9-2)20(25)21-15(3)4/h10-11,13,15-16,22H,8-9,12,14H2,1-7H3,(H,21,25)/t16-/m0/s1. The second-order valence-corrected chi connectivity index (χ2v) is 9.49. The van der Waals surface area contributed by atoms with Crippen molar-refractivity contribution in [2.45, 2.75) is 66.1 Å². The first-order valence-electron chi connectivity index (χ1n) is 9.88. The summed E-state index contributed by atoms with van der Waals surface area (Å²) in [6.45, 7) is 10.1. The van der Waals surface area contributed by atoms with Crippen molar-refractivity contribution < 1.29 is 13.2 Å². The highest BCUT2D eigenvalue weighted by atomic mass is 32.2. The van der Waals surface area contributed by atoms with Crippen molar-refractivity contribution in [3.63, 3.8) is 0 Å². The van der Waals surface area contributed by atoms with Gasteiger partial charge in [0.1, 0.15) is 0 Å². The number of hydrogen-bond acceptors (Lipinski definition) is 4. The molecule has 0 spiro atoms. The van der Waals surface area contributed by atoms with E-state index in [1.165, 1.54) is 0 Å². The number of carbonyl (C=O) groups excluding carboxylic acids is 1. The third-order valence-corrected chi connectivity index (χ3v) is 5.94. The number of amides is 2. The summed E-state index contributed by atoms with van der Waals surface area (Å²) in [6, 6.07) is 5.43. The molecule has 7 nitrogen and oxygen atoms in total. The van der Waals surface area contributed by atoms with Crippen LogP contribution in [0.15, 0.2) is 18.2 Å². The Morgan fingerprint density at radius 3 is 2.29 bits per heavy atom. The summed E-state index contributed by atoms with van der Waals surface area (Å²) in [5, 5.41) is 2.96. The zero-order chi connectivity index (χ0) is 21.5. The van der Waals surface area contributed by atoms with Crippen molar-refractivity contribution >= 4 is 27.4 Å². The third kappa shape index (κ3) is 7.22. The third-order valence-electron chi connectivity index (χ3n) is 4.44. The minimum absolute atomic E-state index is 0.0413. The van der Waals surface area contributed by atoms with Crippen molar-refractivity contribution in [2.75, 3.05) is 29.5 Å². The first-order valence-corrected chi connectivity index (χ1v) is 11.5. The summed E-state index contributed by atoms with van der Waals surface area (Å²) < 4.78 is 26.9. The fourth-order valence-electron chi connectivity index (χ4n) is 2.87. The predicted molar refractivity (Wildman–Crippen MR) is 117 cm³/mol. The van der Waals surface area contributed by atoms with Crippen LogP contribution in [-0.4, -0.2) is 51.3 Å². The molecule has 0 unspecified atom stereocenters. The molecule has 0 aliphatic heterocycles. The van der Waals surface area contributed by atoms with Gasteiger partial charge in [-0.2, -0.15) is 0 Å². The molecule has 2 N–H and O–H groups in total. The summed E-state index contributed by atoms with van der Waals surface area (Å²) in [7, 11) is 0.491. The van der Waals surface area contributed by atoms with Gasteiger partial charge in [0.05, 0.1) is 5.75 Å². The molecule has 28 heavy (non-hydrogen) atoms. The zero-order valence-electron chi connectivity index (χ0n) is 18.2. The topological polar surface area (TPSA) is 81.8 Å². The number of sulfonamides is 1. The molecule has 0 aromatic heterocycles. The van der Waals surface area contributed by atoms with Crippen LogP contribution in [0.5, 0.6) is 0 Å². The molecule has 0 radical (unpaired) electrons. The van der Waals surface area contributed by atoms with E-state index >= 15 is 0 Å². The van der Waals surface area contributed by atoms with Crippen LogP contribution in [0.1, 0.15) is 53.0 Å². The SMILES string of the molecule is CCCS(=O)(=O)Nc1ccc(N(C)C)c(CN(C(=O)NC(C)C)[C@@H](C)CC)c1.